The molecule has 2 N–H and O–H groups in total. The van der Waals surface area contributed by atoms with E-state index in [1.54, 1.807) is 19.3 Å². The summed E-state index contributed by atoms with van der Waals surface area (Å²) in [4.78, 5) is 16.2. The number of halogens is 1. The zero-order chi connectivity index (χ0) is 13.7. The molecule has 0 aliphatic carbocycles. The predicted molar refractivity (Wildman–Crippen MR) is 74.4 cm³/mol. The second-order valence-corrected chi connectivity index (χ2v) is 4.99. The molecule has 1 aliphatic heterocycles. The molecule has 1 unspecified atom stereocenters. The summed E-state index contributed by atoms with van der Waals surface area (Å²) in [6, 6.07) is 1.73. The largest absolute Gasteiger partial charge is 0.376 e. The molecule has 1 saturated heterocycles. The molecule has 1 aromatic rings. The second kappa shape index (κ2) is 6.83. The van der Waals surface area contributed by atoms with Gasteiger partial charge in [0.2, 0.25) is 0 Å². The van der Waals surface area contributed by atoms with Crippen LogP contribution >= 0.6 is 15.9 Å². The van der Waals surface area contributed by atoms with Gasteiger partial charge in [-0.2, -0.15) is 0 Å². The maximum atomic E-state index is 12.1. The highest BCUT2D eigenvalue weighted by Crippen LogP contribution is 2.17. The number of hydrogen-bond acceptors (Lipinski definition) is 5. The van der Waals surface area contributed by atoms with Crippen LogP contribution in [0, 0.1) is 0 Å². The third-order valence-corrected chi connectivity index (χ3v) is 3.14. The van der Waals surface area contributed by atoms with Crippen LogP contribution in [0.4, 0.5) is 5.82 Å². The monoisotopic (exact) mass is 329 g/mol. The zero-order valence-electron chi connectivity index (χ0n) is 10.6. The van der Waals surface area contributed by atoms with E-state index < -0.39 is 0 Å². The van der Waals surface area contributed by atoms with E-state index in [0.29, 0.717) is 37.7 Å². The summed E-state index contributed by atoms with van der Waals surface area (Å²) < 4.78 is 11.5. The van der Waals surface area contributed by atoms with Gasteiger partial charge in [0.1, 0.15) is 5.82 Å². The minimum atomic E-state index is -0.188. The Morgan fingerprint density at radius 2 is 2.42 bits per heavy atom. The molecule has 7 heteroatoms. The minimum absolute atomic E-state index is 0.0872. The van der Waals surface area contributed by atoms with Crippen molar-refractivity contribution in [2.75, 3.05) is 38.7 Å². The minimum Gasteiger partial charge on any atom is -0.376 e. The van der Waals surface area contributed by atoms with Gasteiger partial charge in [-0.25, -0.2) is 4.98 Å². The third kappa shape index (κ3) is 3.89. The van der Waals surface area contributed by atoms with E-state index in [4.69, 9.17) is 9.47 Å². The molecule has 2 heterocycles. The molecule has 19 heavy (non-hydrogen) atoms. The summed E-state index contributed by atoms with van der Waals surface area (Å²) in [5.74, 6) is 0.355. The fourth-order valence-corrected chi connectivity index (χ4v) is 2.10. The van der Waals surface area contributed by atoms with Crippen molar-refractivity contribution in [1.82, 2.24) is 10.3 Å². The van der Waals surface area contributed by atoms with Crippen LogP contribution < -0.4 is 10.6 Å². The lowest BCUT2D eigenvalue weighted by atomic mass is 10.2. The predicted octanol–water partition coefficient (Wildman–Crippen LogP) is 1.03. The standard InChI is InChI=1S/C12H16BrN3O3/c1-14-11-10(4-8(13)5-15-11)12(17)16-6-9-7-18-2-3-19-9/h4-5,9H,2-3,6-7H2,1H3,(H,14,15)(H,16,17). The SMILES string of the molecule is CNc1ncc(Br)cc1C(=O)NCC1COCCO1. The number of anilines is 1. The lowest BCUT2D eigenvalue weighted by Gasteiger charge is -2.23. The Balaban J connectivity index is 1.97. The molecule has 0 spiro atoms. The summed E-state index contributed by atoms with van der Waals surface area (Å²) in [6.07, 6.45) is 1.55. The summed E-state index contributed by atoms with van der Waals surface area (Å²) in [5, 5.41) is 5.72. The van der Waals surface area contributed by atoms with Crippen molar-refractivity contribution in [3.8, 4) is 0 Å². The molecular weight excluding hydrogens is 314 g/mol. The van der Waals surface area contributed by atoms with E-state index in [9.17, 15) is 4.79 Å². The molecule has 1 aliphatic rings. The topological polar surface area (TPSA) is 72.5 Å². The number of hydrogen-bond donors (Lipinski definition) is 2. The number of nitrogens with zero attached hydrogens (tertiary/aromatic N) is 1. The number of ether oxygens (including phenoxy) is 2. The highest BCUT2D eigenvalue weighted by Gasteiger charge is 2.17. The van der Waals surface area contributed by atoms with Crippen LogP contribution in [0.2, 0.25) is 0 Å². The van der Waals surface area contributed by atoms with Crippen molar-refractivity contribution in [1.29, 1.82) is 0 Å². The lowest BCUT2D eigenvalue weighted by molar-refractivity contribution is -0.0855. The average Bonchev–Trinajstić information content (AvgIpc) is 2.46. The molecule has 1 atom stereocenters. The number of carbonyl (C=O) groups excluding carboxylic acids is 1. The number of nitrogens with one attached hydrogen (secondary N) is 2. The molecule has 1 amide bonds. The van der Waals surface area contributed by atoms with Crippen molar-refractivity contribution in [3.63, 3.8) is 0 Å². The van der Waals surface area contributed by atoms with E-state index in [1.165, 1.54) is 0 Å². The third-order valence-electron chi connectivity index (χ3n) is 2.71. The molecular formula is C12H16BrN3O3. The molecule has 1 fully saturated rings. The molecule has 6 nitrogen and oxygen atoms in total. The van der Waals surface area contributed by atoms with Gasteiger partial charge in [-0.15, -0.1) is 0 Å². The summed E-state index contributed by atoms with van der Waals surface area (Å²) >= 11 is 3.31. The number of carbonyl (C=O) groups is 1. The van der Waals surface area contributed by atoms with Crippen molar-refractivity contribution in [2.45, 2.75) is 6.10 Å². The van der Waals surface area contributed by atoms with Crippen LogP contribution in [0.5, 0.6) is 0 Å². The van der Waals surface area contributed by atoms with Crippen molar-refractivity contribution in [3.05, 3.63) is 22.3 Å². The van der Waals surface area contributed by atoms with Gasteiger partial charge in [-0.1, -0.05) is 0 Å². The molecule has 0 aromatic carbocycles. The Labute approximate surface area is 120 Å². The number of aromatic nitrogens is 1. The van der Waals surface area contributed by atoms with Crippen LogP contribution in [0.25, 0.3) is 0 Å². The Bertz CT molecular complexity index is 450. The second-order valence-electron chi connectivity index (χ2n) is 4.08. The van der Waals surface area contributed by atoms with Gasteiger partial charge in [0, 0.05) is 24.3 Å². The van der Waals surface area contributed by atoms with Crippen LogP contribution in [0.15, 0.2) is 16.7 Å². The summed E-state index contributed by atoms with van der Waals surface area (Å²) in [5.41, 5.74) is 0.494. The lowest BCUT2D eigenvalue weighted by Crippen LogP contribution is -2.39. The Kier molecular flexibility index (Phi) is 5.12. The first-order valence-electron chi connectivity index (χ1n) is 6.01. The van der Waals surface area contributed by atoms with E-state index >= 15 is 0 Å². The average molecular weight is 330 g/mol. The quantitative estimate of drug-likeness (QED) is 0.863. The Morgan fingerprint density at radius 3 is 3.11 bits per heavy atom. The maximum Gasteiger partial charge on any atom is 0.255 e. The van der Waals surface area contributed by atoms with Gasteiger partial charge in [-0.3, -0.25) is 4.79 Å². The molecule has 104 valence electrons. The van der Waals surface area contributed by atoms with E-state index in [1.807, 2.05) is 0 Å². The van der Waals surface area contributed by atoms with Gasteiger partial charge in [-0.05, 0) is 22.0 Å². The fraction of sp³-hybridized carbons (Fsp3) is 0.500. The molecule has 0 radical (unpaired) electrons. The van der Waals surface area contributed by atoms with Crippen LogP contribution in [0.3, 0.4) is 0 Å². The molecule has 2 rings (SSSR count). The van der Waals surface area contributed by atoms with E-state index in [2.05, 4.69) is 31.5 Å². The highest BCUT2D eigenvalue weighted by atomic mass is 79.9. The van der Waals surface area contributed by atoms with Crippen LogP contribution in [-0.4, -0.2) is 50.4 Å². The number of pyridine rings is 1. The smallest absolute Gasteiger partial charge is 0.255 e. The molecule has 1 aromatic heterocycles. The normalized spacial score (nSPS) is 18.9. The number of rotatable bonds is 4. The van der Waals surface area contributed by atoms with Crippen molar-refractivity contribution < 1.29 is 14.3 Å². The van der Waals surface area contributed by atoms with Gasteiger partial charge >= 0.3 is 0 Å². The number of amides is 1. The summed E-state index contributed by atoms with van der Waals surface area (Å²) in [7, 11) is 1.73. The zero-order valence-corrected chi connectivity index (χ0v) is 12.2. The van der Waals surface area contributed by atoms with Crippen molar-refractivity contribution >= 4 is 27.7 Å². The van der Waals surface area contributed by atoms with Gasteiger partial charge in [0.05, 0.1) is 31.5 Å². The molecule has 0 bridgehead atoms. The van der Waals surface area contributed by atoms with Gasteiger partial charge in [0.15, 0.2) is 0 Å². The Hall–Kier alpha value is -1.18. The first-order chi connectivity index (χ1) is 9.20. The first-order valence-corrected chi connectivity index (χ1v) is 6.81. The first kappa shape index (κ1) is 14.2. The fourth-order valence-electron chi connectivity index (χ4n) is 1.77. The van der Waals surface area contributed by atoms with Crippen LogP contribution in [0.1, 0.15) is 10.4 Å². The van der Waals surface area contributed by atoms with E-state index in [0.717, 1.165) is 4.47 Å². The highest BCUT2D eigenvalue weighted by molar-refractivity contribution is 9.10. The van der Waals surface area contributed by atoms with Crippen molar-refractivity contribution in [2.24, 2.45) is 0 Å². The molecule has 0 saturated carbocycles. The van der Waals surface area contributed by atoms with E-state index in [-0.39, 0.29) is 12.0 Å². The maximum absolute atomic E-state index is 12.1. The van der Waals surface area contributed by atoms with Crippen LogP contribution in [-0.2, 0) is 9.47 Å². The Morgan fingerprint density at radius 1 is 1.58 bits per heavy atom. The van der Waals surface area contributed by atoms with Gasteiger partial charge < -0.3 is 20.1 Å². The van der Waals surface area contributed by atoms with Gasteiger partial charge in [0.25, 0.3) is 5.91 Å². The summed E-state index contributed by atoms with van der Waals surface area (Å²) in [6.45, 7) is 2.12.